The number of hydrogen-bond donors (Lipinski definition) is 2. The van der Waals surface area contributed by atoms with E-state index in [2.05, 4.69) is 10.0 Å². The van der Waals surface area contributed by atoms with Gasteiger partial charge >= 0.3 is 0 Å². The molecule has 2 N–H and O–H groups in total. The van der Waals surface area contributed by atoms with E-state index in [1.807, 2.05) is 19.9 Å². The Bertz CT molecular complexity index is 842. The quantitative estimate of drug-likeness (QED) is 0.771. The van der Waals surface area contributed by atoms with Crippen LogP contribution in [0.4, 0.5) is 5.69 Å². The van der Waals surface area contributed by atoms with Crippen molar-refractivity contribution in [2.45, 2.75) is 31.7 Å². The molecule has 0 spiro atoms. The molecule has 1 amide bonds. The fourth-order valence-electron chi connectivity index (χ4n) is 2.39. The lowest BCUT2D eigenvalue weighted by atomic mass is 10.2. The van der Waals surface area contributed by atoms with Gasteiger partial charge in [-0.1, -0.05) is 0 Å². The van der Waals surface area contributed by atoms with Gasteiger partial charge in [0.05, 0.1) is 17.1 Å². The first kappa shape index (κ1) is 19.6. The predicted octanol–water partition coefficient (Wildman–Crippen LogP) is 2.93. The first-order valence-corrected chi connectivity index (χ1v) is 10.0. The second-order valence-electron chi connectivity index (χ2n) is 5.78. The molecule has 0 aliphatic heterocycles. The zero-order chi connectivity index (χ0) is 18.6. The van der Waals surface area contributed by atoms with Gasteiger partial charge in [0, 0.05) is 28.6 Å². The van der Waals surface area contributed by atoms with Gasteiger partial charge in [-0.05, 0) is 51.1 Å². The van der Waals surface area contributed by atoms with Crippen molar-refractivity contribution >= 4 is 33.0 Å². The van der Waals surface area contributed by atoms with Gasteiger partial charge in [0.2, 0.25) is 10.0 Å². The van der Waals surface area contributed by atoms with Gasteiger partial charge in [-0.2, -0.15) is 0 Å². The molecule has 2 rings (SSSR count). The van der Waals surface area contributed by atoms with E-state index in [4.69, 9.17) is 4.74 Å². The van der Waals surface area contributed by atoms with E-state index in [1.54, 1.807) is 30.4 Å². The second kappa shape index (κ2) is 8.09. The Hall–Kier alpha value is -1.74. The lowest BCUT2D eigenvalue weighted by Gasteiger charge is -2.13. The van der Waals surface area contributed by atoms with E-state index in [0.29, 0.717) is 11.3 Å². The number of rotatable bonds is 7. The minimum atomic E-state index is -3.62. The molecular weight excluding hydrogens is 360 g/mol. The molecule has 1 aromatic carbocycles. The molecular formula is C17H22N2O4S2. The summed E-state index contributed by atoms with van der Waals surface area (Å²) in [7, 11) is -2.11. The van der Waals surface area contributed by atoms with Crippen molar-refractivity contribution < 1.29 is 17.9 Å². The van der Waals surface area contributed by atoms with Crippen molar-refractivity contribution in [1.29, 1.82) is 0 Å². The summed E-state index contributed by atoms with van der Waals surface area (Å²) in [4.78, 5) is 14.5. The van der Waals surface area contributed by atoms with Crippen LogP contribution in [0.25, 0.3) is 0 Å². The number of hydrogen-bond acceptors (Lipinski definition) is 5. The highest BCUT2D eigenvalue weighted by Gasteiger charge is 2.18. The maximum absolute atomic E-state index is 12.3. The number of carbonyl (C=O) groups excluding carboxylic acids is 1. The minimum absolute atomic E-state index is 0.135. The Morgan fingerprint density at radius 3 is 2.40 bits per heavy atom. The summed E-state index contributed by atoms with van der Waals surface area (Å²) < 4.78 is 32.0. The Morgan fingerprint density at radius 1 is 1.24 bits per heavy atom. The maximum atomic E-state index is 12.3. The largest absolute Gasteiger partial charge is 0.383 e. The highest BCUT2D eigenvalue weighted by molar-refractivity contribution is 7.89. The summed E-state index contributed by atoms with van der Waals surface area (Å²) in [5.74, 6) is -0.204. The van der Waals surface area contributed by atoms with Crippen LogP contribution in [0, 0.1) is 13.8 Å². The van der Waals surface area contributed by atoms with Gasteiger partial charge < -0.3 is 10.1 Å². The first-order chi connectivity index (χ1) is 11.7. The molecule has 1 aromatic heterocycles. The molecule has 136 valence electrons. The summed E-state index contributed by atoms with van der Waals surface area (Å²) in [6.07, 6.45) is 0. The number of anilines is 1. The monoisotopic (exact) mass is 382 g/mol. The van der Waals surface area contributed by atoms with E-state index in [9.17, 15) is 13.2 Å². The van der Waals surface area contributed by atoms with Crippen LogP contribution in [-0.2, 0) is 14.8 Å². The zero-order valence-corrected chi connectivity index (χ0v) is 16.3. The third-order valence-electron chi connectivity index (χ3n) is 3.48. The van der Waals surface area contributed by atoms with Crippen LogP contribution in [0.15, 0.2) is 35.2 Å². The van der Waals surface area contributed by atoms with E-state index >= 15 is 0 Å². The second-order valence-corrected chi connectivity index (χ2v) is 8.96. The van der Waals surface area contributed by atoms with Crippen LogP contribution in [0.5, 0.6) is 0 Å². The highest BCUT2D eigenvalue weighted by atomic mass is 32.2. The summed E-state index contributed by atoms with van der Waals surface area (Å²) in [5.41, 5.74) is 1.17. The molecule has 25 heavy (non-hydrogen) atoms. The number of amides is 1. The SMILES string of the molecule is COCC(C)NS(=O)(=O)c1ccc(NC(=O)c2cc(C)sc2C)cc1. The number of carbonyl (C=O) groups is 1. The molecule has 0 radical (unpaired) electrons. The normalized spacial score (nSPS) is 12.8. The topological polar surface area (TPSA) is 84.5 Å². The van der Waals surface area contributed by atoms with Gasteiger partial charge in [0.15, 0.2) is 0 Å². The summed E-state index contributed by atoms with van der Waals surface area (Å²) >= 11 is 1.56. The average molecular weight is 383 g/mol. The molecule has 0 aliphatic rings. The molecule has 0 fully saturated rings. The van der Waals surface area contributed by atoms with E-state index < -0.39 is 10.0 Å². The predicted molar refractivity (Wildman–Crippen MR) is 99.8 cm³/mol. The van der Waals surface area contributed by atoms with Crippen molar-refractivity contribution in [2.75, 3.05) is 19.0 Å². The van der Waals surface area contributed by atoms with Crippen molar-refractivity contribution in [2.24, 2.45) is 0 Å². The third kappa shape index (κ3) is 5.12. The van der Waals surface area contributed by atoms with Gasteiger partial charge in [-0.25, -0.2) is 13.1 Å². The van der Waals surface area contributed by atoms with Gasteiger partial charge in [-0.15, -0.1) is 11.3 Å². The van der Waals surface area contributed by atoms with Crippen molar-refractivity contribution in [3.05, 3.63) is 45.6 Å². The lowest BCUT2D eigenvalue weighted by Crippen LogP contribution is -2.35. The van der Waals surface area contributed by atoms with Crippen LogP contribution in [0.3, 0.4) is 0 Å². The van der Waals surface area contributed by atoms with Gasteiger partial charge in [0.1, 0.15) is 0 Å². The van der Waals surface area contributed by atoms with Crippen LogP contribution in [0.2, 0.25) is 0 Å². The Morgan fingerprint density at radius 2 is 1.88 bits per heavy atom. The Labute approximate surface area is 152 Å². The number of thiophene rings is 1. The van der Waals surface area contributed by atoms with E-state index in [0.717, 1.165) is 9.75 Å². The molecule has 1 heterocycles. The molecule has 0 bridgehead atoms. The van der Waals surface area contributed by atoms with Gasteiger partial charge in [-0.3, -0.25) is 4.79 Å². The maximum Gasteiger partial charge on any atom is 0.256 e. The minimum Gasteiger partial charge on any atom is -0.383 e. The van der Waals surface area contributed by atoms with Crippen LogP contribution in [-0.4, -0.2) is 34.1 Å². The standard InChI is InChI=1S/C17H22N2O4S2/c1-11(10-23-4)19-25(21,22)15-7-5-14(6-8-15)18-17(20)16-9-12(2)24-13(16)3/h5-9,11,19H,10H2,1-4H3,(H,18,20). The van der Waals surface area contributed by atoms with Crippen LogP contribution >= 0.6 is 11.3 Å². The molecule has 2 aromatic rings. The smallest absolute Gasteiger partial charge is 0.256 e. The molecule has 6 nitrogen and oxygen atoms in total. The van der Waals surface area contributed by atoms with Crippen molar-refractivity contribution in [3.8, 4) is 0 Å². The van der Waals surface area contributed by atoms with Crippen LogP contribution < -0.4 is 10.0 Å². The molecule has 1 atom stereocenters. The average Bonchev–Trinajstić information content (AvgIpc) is 2.86. The highest BCUT2D eigenvalue weighted by Crippen LogP contribution is 2.22. The number of sulfonamides is 1. The zero-order valence-electron chi connectivity index (χ0n) is 14.6. The number of ether oxygens (including phenoxy) is 1. The molecule has 0 aliphatic carbocycles. The number of aryl methyl sites for hydroxylation is 2. The summed E-state index contributed by atoms with van der Waals surface area (Å²) in [5, 5.41) is 2.78. The van der Waals surface area contributed by atoms with Crippen molar-refractivity contribution in [3.63, 3.8) is 0 Å². The third-order valence-corrected chi connectivity index (χ3v) is 6.05. The fraction of sp³-hybridized carbons (Fsp3) is 0.353. The summed E-state index contributed by atoms with van der Waals surface area (Å²) in [6, 6.07) is 7.57. The number of methoxy groups -OCH3 is 1. The van der Waals surface area contributed by atoms with Gasteiger partial charge in [0.25, 0.3) is 5.91 Å². The lowest BCUT2D eigenvalue weighted by molar-refractivity contribution is 0.102. The first-order valence-electron chi connectivity index (χ1n) is 7.72. The number of benzene rings is 1. The molecule has 0 saturated heterocycles. The van der Waals surface area contributed by atoms with Crippen LogP contribution in [0.1, 0.15) is 27.0 Å². The Balaban J connectivity index is 2.09. The van der Waals surface area contributed by atoms with E-state index in [1.165, 1.54) is 19.2 Å². The fourth-order valence-corrected chi connectivity index (χ4v) is 4.54. The van der Waals surface area contributed by atoms with E-state index in [-0.39, 0.29) is 23.5 Å². The molecule has 8 heteroatoms. The van der Waals surface area contributed by atoms with Crippen molar-refractivity contribution in [1.82, 2.24) is 4.72 Å². The number of nitrogens with one attached hydrogen (secondary N) is 2. The molecule has 0 saturated carbocycles. The summed E-state index contributed by atoms with van der Waals surface area (Å²) in [6.45, 7) is 5.86. The molecule has 1 unspecified atom stereocenters. The Kier molecular flexibility index (Phi) is 6.34.